The number of hydrogen-bond donors (Lipinski definition) is 0. The standard InChI is InChI=1S/C14H18BF3O2/c1-9-8-10(6-7-11(9)14(16,17)18)15-19-12(2,3)13(4,5)20-15/h6-8H,1-5H3. The van der Waals surface area contributed by atoms with Crippen LogP contribution in [0.1, 0.15) is 38.8 Å². The highest BCUT2D eigenvalue weighted by atomic mass is 19.4. The van der Waals surface area contributed by atoms with Gasteiger partial charge < -0.3 is 9.31 Å². The van der Waals surface area contributed by atoms with Crippen molar-refractivity contribution in [3.05, 3.63) is 29.3 Å². The first-order chi connectivity index (χ1) is 8.94. The Balaban J connectivity index is 2.31. The largest absolute Gasteiger partial charge is 0.494 e. The molecule has 1 aliphatic rings. The van der Waals surface area contributed by atoms with Crippen LogP contribution in [0, 0.1) is 6.92 Å². The van der Waals surface area contributed by atoms with Gasteiger partial charge in [0.2, 0.25) is 0 Å². The van der Waals surface area contributed by atoms with Gasteiger partial charge >= 0.3 is 13.3 Å². The van der Waals surface area contributed by atoms with Crippen molar-refractivity contribution in [1.82, 2.24) is 0 Å². The highest BCUT2D eigenvalue weighted by Gasteiger charge is 2.51. The molecule has 0 amide bonds. The molecule has 0 bridgehead atoms. The molecule has 0 unspecified atom stereocenters. The van der Waals surface area contributed by atoms with Crippen molar-refractivity contribution >= 4 is 12.6 Å². The van der Waals surface area contributed by atoms with Crippen molar-refractivity contribution in [3.8, 4) is 0 Å². The normalized spacial score (nSPS) is 21.3. The first-order valence-corrected chi connectivity index (χ1v) is 6.47. The van der Waals surface area contributed by atoms with Crippen molar-refractivity contribution in [2.75, 3.05) is 0 Å². The summed E-state index contributed by atoms with van der Waals surface area (Å²) in [6, 6.07) is 3.97. The van der Waals surface area contributed by atoms with E-state index < -0.39 is 30.1 Å². The summed E-state index contributed by atoms with van der Waals surface area (Å²) in [7, 11) is -0.638. The molecule has 0 radical (unpaired) electrons. The van der Waals surface area contributed by atoms with E-state index in [-0.39, 0.29) is 5.56 Å². The van der Waals surface area contributed by atoms with Crippen LogP contribution in [0.3, 0.4) is 0 Å². The van der Waals surface area contributed by atoms with E-state index in [1.165, 1.54) is 19.1 Å². The van der Waals surface area contributed by atoms with Gasteiger partial charge in [0.05, 0.1) is 16.8 Å². The van der Waals surface area contributed by atoms with Gasteiger partial charge in [-0.1, -0.05) is 18.2 Å². The molecule has 0 atom stereocenters. The van der Waals surface area contributed by atoms with Crippen LogP contribution in [0.25, 0.3) is 0 Å². The number of alkyl halides is 3. The van der Waals surface area contributed by atoms with E-state index in [2.05, 4.69) is 0 Å². The molecule has 1 aromatic carbocycles. The lowest BCUT2D eigenvalue weighted by atomic mass is 9.78. The Bertz CT molecular complexity index is 508. The van der Waals surface area contributed by atoms with Gasteiger partial charge in [0, 0.05) is 0 Å². The Morgan fingerprint density at radius 1 is 1.00 bits per heavy atom. The van der Waals surface area contributed by atoms with E-state index in [4.69, 9.17) is 9.31 Å². The Hall–Kier alpha value is -1.01. The van der Waals surface area contributed by atoms with Crippen LogP contribution >= 0.6 is 0 Å². The lowest BCUT2D eigenvalue weighted by Crippen LogP contribution is -2.41. The second-order valence-corrected chi connectivity index (χ2v) is 6.16. The molecule has 1 fully saturated rings. The quantitative estimate of drug-likeness (QED) is 0.737. The predicted molar refractivity (Wildman–Crippen MR) is 71.9 cm³/mol. The van der Waals surface area contributed by atoms with E-state index in [1.54, 1.807) is 0 Å². The molecule has 2 rings (SSSR count). The summed E-state index contributed by atoms with van der Waals surface area (Å²) in [5.74, 6) is 0. The second kappa shape index (κ2) is 4.50. The molecule has 1 saturated heterocycles. The third kappa shape index (κ3) is 2.59. The Labute approximate surface area is 117 Å². The van der Waals surface area contributed by atoms with E-state index in [9.17, 15) is 13.2 Å². The van der Waals surface area contributed by atoms with Crippen LogP contribution in [0.4, 0.5) is 13.2 Å². The fraction of sp³-hybridized carbons (Fsp3) is 0.571. The molecule has 20 heavy (non-hydrogen) atoms. The maximum atomic E-state index is 12.7. The van der Waals surface area contributed by atoms with Crippen molar-refractivity contribution in [1.29, 1.82) is 0 Å². The molecule has 2 nitrogen and oxygen atoms in total. The Morgan fingerprint density at radius 3 is 1.90 bits per heavy atom. The molecule has 1 heterocycles. The summed E-state index contributed by atoms with van der Waals surface area (Å²) in [5, 5.41) is 0. The molecule has 1 aromatic rings. The zero-order valence-electron chi connectivity index (χ0n) is 12.3. The fourth-order valence-corrected chi connectivity index (χ4v) is 2.13. The molecular weight excluding hydrogens is 268 g/mol. The third-order valence-corrected chi connectivity index (χ3v) is 4.08. The van der Waals surface area contributed by atoms with E-state index in [0.717, 1.165) is 6.07 Å². The molecule has 6 heteroatoms. The van der Waals surface area contributed by atoms with Crippen LogP contribution in [0.15, 0.2) is 18.2 Å². The van der Waals surface area contributed by atoms with Crippen molar-refractivity contribution in [3.63, 3.8) is 0 Å². The fourth-order valence-electron chi connectivity index (χ4n) is 2.13. The SMILES string of the molecule is Cc1cc(B2OC(C)(C)C(C)(C)O2)ccc1C(F)(F)F. The highest BCUT2D eigenvalue weighted by molar-refractivity contribution is 6.62. The zero-order chi connectivity index (χ0) is 15.3. The second-order valence-electron chi connectivity index (χ2n) is 6.16. The van der Waals surface area contributed by atoms with E-state index in [1.807, 2.05) is 27.7 Å². The maximum absolute atomic E-state index is 12.7. The van der Waals surface area contributed by atoms with E-state index >= 15 is 0 Å². The summed E-state index contributed by atoms with van der Waals surface area (Å²) in [4.78, 5) is 0. The first-order valence-electron chi connectivity index (χ1n) is 6.47. The van der Waals surface area contributed by atoms with Crippen LogP contribution in [-0.2, 0) is 15.5 Å². The number of rotatable bonds is 1. The Morgan fingerprint density at radius 2 is 1.50 bits per heavy atom. The number of benzene rings is 1. The zero-order valence-corrected chi connectivity index (χ0v) is 12.3. The van der Waals surface area contributed by atoms with Crippen LogP contribution in [0.2, 0.25) is 0 Å². The van der Waals surface area contributed by atoms with Gasteiger partial charge in [0.25, 0.3) is 0 Å². The van der Waals surface area contributed by atoms with Gasteiger partial charge in [-0.25, -0.2) is 0 Å². The highest BCUT2D eigenvalue weighted by Crippen LogP contribution is 2.37. The summed E-state index contributed by atoms with van der Waals surface area (Å²) < 4.78 is 49.9. The smallest absolute Gasteiger partial charge is 0.399 e. The van der Waals surface area contributed by atoms with Gasteiger partial charge in [0.1, 0.15) is 0 Å². The van der Waals surface area contributed by atoms with Gasteiger partial charge in [-0.2, -0.15) is 13.2 Å². The van der Waals surface area contributed by atoms with Gasteiger partial charge in [0.15, 0.2) is 0 Å². The van der Waals surface area contributed by atoms with Crippen molar-refractivity contribution in [2.45, 2.75) is 52.0 Å². The summed E-state index contributed by atoms with van der Waals surface area (Å²) in [6.07, 6.45) is -4.33. The summed E-state index contributed by atoms with van der Waals surface area (Å²) in [6.45, 7) is 9.07. The predicted octanol–water partition coefficient (Wildman–Crippen LogP) is 3.31. The maximum Gasteiger partial charge on any atom is 0.494 e. The molecule has 0 aliphatic carbocycles. The Kier molecular flexibility index (Phi) is 3.46. The summed E-state index contributed by atoms with van der Waals surface area (Å²) >= 11 is 0. The van der Waals surface area contributed by atoms with Gasteiger partial charge in [-0.15, -0.1) is 0 Å². The van der Waals surface area contributed by atoms with Gasteiger partial charge in [-0.3, -0.25) is 0 Å². The first kappa shape index (κ1) is 15.4. The molecule has 0 spiro atoms. The molecule has 0 saturated carbocycles. The topological polar surface area (TPSA) is 18.5 Å². The molecule has 0 N–H and O–H groups in total. The summed E-state index contributed by atoms with van der Waals surface area (Å²) in [5.41, 5.74) is -0.862. The van der Waals surface area contributed by atoms with Crippen LogP contribution in [-0.4, -0.2) is 18.3 Å². The molecule has 1 aliphatic heterocycles. The lowest BCUT2D eigenvalue weighted by Gasteiger charge is -2.32. The minimum Gasteiger partial charge on any atom is -0.399 e. The average Bonchev–Trinajstić information content (AvgIpc) is 2.46. The van der Waals surface area contributed by atoms with E-state index in [0.29, 0.717) is 5.46 Å². The molecule has 0 aromatic heterocycles. The molecule has 110 valence electrons. The molecular formula is C14H18BF3O2. The van der Waals surface area contributed by atoms with Crippen molar-refractivity contribution < 1.29 is 22.5 Å². The van der Waals surface area contributed by atoms with Crippen LogP contribution in [0.5, 0.6) is 0 Å². The average molecular weight is 286 g/mol. The number of hydrogen-bond acceptors (Lipinski definition) is 2. The number of halogens is 3. The third-order valence-electron chi connectivity index (χ3n) is 4.08. The minimum atomic E-state index is -4.33. The van der Waals surface area contributed by atoms with Crippen molar-refractivity contribution in [2.24, 2.45) is 0 Å². The van der Waals surface area contributed by atoms with Gasteiger partial charge in [-0.05, 0) is 45.6 Å². The van der Waals surface area contributed by atoms with Crippen LogP contribution < -0.4 is 5.46 Å². The monoisotopic (exact) mass is 286 g/mol. The number of aryl methyl sites for hydroxylation is 1. The lowest BCUT2D eigenvalue weighted by molar-refractivity contribution is -0.138. The minimum absolute atomic E-state index is 0.171.